The summed E-state index contributed by atoms with van der Waals surface area (Å²) in [4.78, 5) is 0. The maximum atomic E-state index is 6.05. The predicted molar refractivity (Wildman–Crippen MR) is 46.3 cm³/mol. The van der Waals surface area contributed by atoms with Crippen molar-refractivity contribution in [1.29, 1.82) is 0 Å². The first-order valence-electron chi connectivity index (χ1n) is 4.87. The molecule has 1 aliphatic carbocycles. The van der Waals surface area contributed by atoms with Crippen molar-refractivity contribution in [2.75, 3.05) is 6.54 Å². The highest BCUT2D eigenvalue weighted by atomic mass is 15.0. The first-order valence-corrected chi connectivity index (χ1v) is 4.87. The Labute approximate surface area is 68.5 Å². The molecule has 2 heteroatoms. The normalized spacial score (nSPS) is 45.0. The van der Waals surface area contributed by atoms with Gasteiger partial charge in [0.2, 0.25) is 0 Å². The van der Waals surface area contributed by atoms with Crippen LogP contribution in [0.15, 0.2) is 0 Å². The summed E-state index contributed by atoms with van der Waals surface area (Å²) in [5.74, 6) is 0.789. The second-order valence-corrected chi connectivity index (χ2v) is 3.96. The molecule has 1 saturated carbocycles. The van der Waals surface area contributed by atoms with Crippen molar-refractivity contribution in [1.82, 2.24) is 5.32 Å². The Morgan fingerprint density at radius 1 is 1.09 bits per heavy atom. The van der Waals surface area contributed by atoms with Gasteiger partial charge in [-0.3, -0.25) is 0 Å². The van der Waals surface area contributed by atoms with Gasteiger partial charge in [0, 0.05) is 12.1 Å². The lowest BCUT2D eigenvalue weighted by Crippen LogP contribution is -2.53. The van der Waals surface area contributed by atoms with E-state index in [9.17, 15) is 0 Å². The van der Waals surface area contributed by atoms with Crippen LogP contribution in [0.2, 0.25) is 0 Å². The molecule has 0 aromatic rings. The zero-order chi connectivity index (χ0) is 7.68. The van der Waals surface area contributed by atoms with E-state index < -0.39 is 0 Å². The van der Waals surface area contributed by atoms with Crippen LogP contribution >= 0.6 is 0 Å². The molecule has 0 aromatic carbocycles. The minimum absolute atomic E-state index is 0.488. The molecular formula is C9H18N2. The summed E-state index contributed by atoms with van der Waals surface area (Å²) < 4.78 is 0. The number of fused-ring (bicyclic) bond motifs is 1. The molecule has 2 rings (SSSR count). The molecule has 0 spiro atoms. The monoisotopic (exact) mass is 154 g/mol. The van der Waals surface area contributed by atoms with Gasteiger partial charge < -0.3 is 11.1 Å². The van der Waals surface area contributed by atoms with Crippen molar-refractivity contribution in [2.24, 2.45) is 11.7 Å². The lowest BCUT2D eigenvalue weighted by atomic mass is 9.77. The predicted octanol–water partition coefficient (Wildman–Crippen LogP) is 0.866. The van der Waals surface area contributed by atoms with Gasteiger partial charge in [-0.15, -0.1) is 0 Å². The highest BCUT2D eigenvalue weighted by Crippen LogP contribution is 2.29. The molecule has 0 aromatic heterocycles. The van der Waals surface area contributed by atoms with Gasteiger partial charge >= 0.3 is 0 Å². The van der Waals surface area contributed by atoms with Gasteiger partial charge in [0.05, 0.1) is 0 Å². The number of piperidine rings is 1. The summed E-state index contributed by atoms with van der Waals surface area (Å²) in [5.41, 5.74) is 6.05. The van der Waals surface area contributed by atoms with Gasteiger partial charge in [-0.1, -0.05) is 12.8 Å². The largest absolute Gasteiger partial charge is 0.327 e. The van der Waals surface area contributed by atoms with E-state index in [4.69, 9.17) is 5.73 Å². The van der Waals surface area contributed by atoms with Crippen molar-refractivity contribution in [3.63, 3.8) is 0 Å². The Morgan fingerprint density at radius 2 is 1.91 bits per heavy atom. The number of nitrogens with one attached hydrogen (secondary N) is 1. The molecule has 64 valence electrons. The maximum Gasteiger partial charge on any atom is 0.0110 e. The van der Waals surface area contributed by atoms with Crippen molar-refractivity contribution in [3.05, 3.63) is 0 Å². The van der Waals surface area contributed by atoms with Crippen molar-refractivity contribution < 1.29 is 0 Å². The zero-order valence-electron chi connectivity index (χ0n) is 7.05. The van der Waals surface area contributed by atoms with Crippen LogP contribution in [-0.2, 0) is 0 Å². The molecule has 0 amide bonds. The molecule has 1 unspecified atom stereocenters. The van der Waals surface area contributed by atoms with Gasteiger partial charge in [0.25, 0.3) is 0 Å². The van der Waals surface area contributed by atoms with E-state index in [0.29, 0.717) is 6.04 Å². The molecule has 0 radical (unpaired) electrons. The molecule has 1 aliphatic heterocycles. The molecule has 2 nitrogen and oxygen atoms in total. The minimum atomic E-state index is 0.488. The Balaban J connectivity index is 1.99. The molecule has 3 N–H and O–H groups in total. The topological polar surface area (TPSA) is 38.0 Å². The smallest absolute Gasteiger partial charge is 0.0110 e. The second kappa shape index (κ2) is 3.11. The highest BCUT2D eigenvalue weighted by Gasteiger charge is 2.32. The number of rotatable bonds is 0. The first kappa shape index (κ1) is 7.56. The fourth-order valence-corrected chi connectivity index (χ4v) is 2.57. The van der Waals surface area contributed by atoms with Gasteiger partial charge in [-0.2, -0.15) is 0 Å². The van der Waals surface area contributed by atoms with E-state index in [1.807, 2.05) is 0 Å². The number of hydrogen-bond donors (Lipinski definition) is 2. The molecule has 1 heterocycles. The van der Waals surface area contributed by atoms with Crippen molar-refractivity contribution in [3.8, 4) is 0 Å². The fourth-order valence-electron chi connectivity index (χ4n) is 2.57. The van der Waals surface area contributed by atoms with Gasteiger partial charge in [-0.25, -0.2) is 0 Å². The molecule has 0 bridgehead atoms. The fraction of sp³-hybridized carbons (Fsp3) is 1.00. The number of hydrogen-bond acceptors (Lipinski definition) is 2. The van der Waals surface area contributed by atoms with Gasteiger partial charge in [-0.05, 0) is 31.7 Å². The standard InChI is InChI=1S/C9H18N2/c10-8-5-6-11-9-4-2-1-3-7(8)9/h7-9,11H,1-6,10H2/t7-,8-,9?/m0/s1. The summed E-state index contributed by atoms with van der Waals surface area (Å²) in [6, 6.07) is 1.24. The van der Waals surface area contributed by atoms with Crippen LogP contribution in [0.1, 0.15) is 32.1 Å². The van der Waals surface area contributed by atoms with Gasteiger partial charge in [0.1, 0.15) is 0 Å². The van der Waals surface area contributed by atoms with Crippen LogP contribution in [-0.4, -0.2) is 18.6 Å². The SMILES string of the molecule is N[C@H]1CCNC2CCCC[C@H]21. The molecule has 11 heavy (non-hydrogen) atoms. The summed E-state index contributed by atoms with van der Waals surface area (Å²) in [5, 5.41) is 3.57. The maximum absolute atomic E-state index is 6.05. The van der Waals surface area contributed by atoms with Crippen LogP contribution in [0.5, 0.6) is 0 Å². The zero-order valence-corrected chi connectivity index (χ0v) is 7.05. The average Bonchev–Trinajstić information content (AvgIpc) is 2.06. The van der Waals surface area contributed by atoms with E-state index >= 15 is 0 Å². The van der Waals surface area contributed by atoms with E-state index in [-0.39, 0.29) is 0 Å². The molecule has 3 atom stereocenters. The lowest BCUT2D eigenvalue weighted by molar-refractivity contribution is 0.185. The third-order valence-corrected chi connectivity index (χ3v) is 3.25. The quantitative estimate of drug-likeness (QED) is 0.543. The Hall–Kier alpha value is -0.0800. The average molecular weight is 154 g/mol. The van der Waals surface area contributed by atoms with Crippen LogP contribution in [0.3, 0.4) is 0 Å². The van der Waals surface area contributed by atoms with Crippen LogP contribution in [0.25, 0.3) is 0 Å². The summed E-state index contributed by atoms with van der Waals surface area (Å²) in [7, 11) is 0. The summed E-state index contributed by atoms with van der Waals surface area (Å²) in [6.45, 7) is 1.14. The number of nitrogens with two attached hydrogens (primary N) is 1. The second-order valence-electron chi connectivity index (χ2n) is 3.96. The molecule has 2 fully saturated rings. The Bertz CT molecular complexity index is 134. The van der Waals surface area contributed by atoms with E-state index in [1.54, 1.807) is 0 Å². The minimum Gasteiger partial charge on any atom is -0.327 e. The third kappa shape index (κ3) is 1.42. The molecule has 2 aliphatic rings. The van der Waals surface area contributed by atoms with Crippen molar-refractivity contribution in [2.45, 2.75) is 44.2 Å². The molecule has 1 saturated heterocycles. The van der Waals surface area contributed by atoms with Crippen LogP contribution in [0, 0.1) is 5.92 Å². The van der Waals surface area contributed by atoms with Crippen molar-refractivity contribution >= 4 is 0 Å². The highest BCUT2D eigenvalue weighted by molar-refractivity contribution is 4.91. The van der Waals surface area contributed by atoms with Crippen LogP contribution in [0.4, 0.5) is 0 Å². The van der Waals surface area contributed by atoms with E-state index in [2.05, 4.69) is 5.32 Å². The molecular weight excluding hydrogens is 136 g/mol. The lowest BCUT2D eigenvalue weighted by Gasteiger charge is -2.40. The third-order valence-electron chi connectivity index (χ3n) is 3.25. The Morgan fingerprint density at radius 3 is 2.73 bits per heavy atom. The first-order chi connectivity index (χ1) is 5.38. The van der Waals surface area contributed by atoms with E-state index in [0.717, 1.165) is 18.5 Å². The van der Waals surface area contributed by atoms with E-state index in [1.165, 1.54) is 32.1 Å². The summed E-state index contributed by atoms with van der Waals surface area (Å²) >= 11 is 0. The summed E-state index contributed by atoms with van der Waals surface area (Å²) in [6.07, 6.45) is 6.70. The van der Waals surface area contributed by atoms with Gasteiger partial charge in [0.15, 0.2) is 0 Å². The van der Waals surface area contributed by atoms with Crippen LogP contribution < -0.4 is 11.1 Å². The Kier molecular flexibility index (Phi) is 2.14.